The molecule has 0 N–H and O–H groups in total. The number of azide groups is 1. The second-order valence-electron chi connectivity index (χ2n) is 2.72. The maximum atomic E-state index is 10.9. The first kappa shape index (κ1) is 11.6. The first-order chi connectivity index (χ1) is 7.76. The lowest BCUT2D eigenvalue weighted by atomic mass is 10.2. The Balaban J connectivity index is 2.71. The van der Waals surface area contributed by atoms with Gasteiger partial charge in [0.25, 0.3) is 0 Å². The van der Waals surface area contributed by atoms with Crippen LogP contribution < -0.4 is 0 Å². The van der Waals surface area contributed by atoms with Crippen molar-refractivity contribution in [1.29, 1.82) is 0 Å². The van der Waals surface area contributed by atoms with Gasteiger partial charge in [0.2, 0.25) is 0 Å². The van der Waals surface area contributed by atoms with Crippen LogP contribution in [0.1, 0.15) is 5.56 Å². The Morgan fingerprint density at radius 2 is 2.12 bits per heavy atom. The van der Waals surface area contributed by atoms with Crippen molar-refractivity contribution in [2.45, 2.75) is 0 Å². The molecule has 0 amide bonds. The van der Waals surface area contributed by atoms with Crippen LogP contribution in [0.25, 0.3) is 16.5 Å². The molecule has 0 atom stereocenters. The molecule has 80 valence electrons. The average Bonchev–Trinajstić information content (AvgIpc) is 2.29. The molecule has 1 aromatic rings. The Kier molecular flexibility index (Phi) is 4.37. The van der Waals surface area contributed by atoms with Crippen molar-refractivity contribution in [2.24, 2.45) is 5.11 Å². The normalized spacial score (nSPS) is 9.50. The molecule has 16 heavy (non-hydrogen) atoms. The number of carbonyl (C=O) groups excluding carboxylic acids is 1. The van der Waals surface area contributed by atoms with Gasteiger partial charge in [-0.05, 0) is 17.2 Å². The number of ether oxygens (including phenoxy) is 1. The summed E-state index contributed by atoms with van der Waals surface area (Å²) in [5, 5.41) is 3.42. The third-order valence-corrected chi connectivity index (χ3v) is 1.66. The minimum atomic E-state index is -0.492. The van der Waals surface area contributed by atoms with Gasteiger partial charge < -0.3 is 4.74 Å². The van der Waals surface area contributed by atoms with Crippen molar-refractivity contribution in [2.75, 3.05) is 0 Å². The summed E-state index contributed by atoms with van der Waals surface area (Å²) in [6.45, 7) is 3.26. The second kappa shape index (κ2) is 6.06. The van der Waals surface area contributed by atoms with Crippen LogP contribution in [-0.4, -0.2) is 5.97 Å². The lowest BCUT2D eigenvalue weighted by molar-refractivity contribution is -0.132. The molecule has 0 fully saturated rings. The highest BCUT2D eigenvalue weighted by Crippen LogP contribution is 2.13. The van der Waals surface area contributed by atoms with Crippen LogP contribution in [0.5, 0.6) is 0 Å². The van der Waals surface area contributed by atoms with Crippen molar-refractivity contribution in [1.82, 2.24) is 0 Å². The van der Waals surface area contributed by atoms with E-state index in [9.17, 15) is 4.79 Å². The Labute approximate surface area is 92.3 Å². The summed E-state index contributed by atoms with van der Waals surface area (Å²) >= 11 is 0. The maximum Gasteiger partial charge on any atom is 0.335 e. The highest BCUT2D eigenvalue weighted by molar-refractivity contribution is 5.87. The third kappa shape index (κ3) is 3.69. The fourth-order valence-corrected chi connectivity index (χ4v) is 0.989. The van der Waals surface area contributed by atoms with E-state index >= 15 is 0 Å². The van der Waals surface area contributed by atoms with E-state index in [1.807, 2.05) is 0 Å². The van der Waals surface area contributed by atoms with Crippen LogP contribution in [0.2, 0.25) is 0 Å². The van der Waals surface area contributed by atoms with Gasteiger partial charge in [-0.15, -0.1) is 0 Å². The summed E-state index contributed by atoms with van der Waals surface area (Å²) in [6.07, 6.45) is 3.94. The molecule has 1 aromatic carbocycles. The highest BCUT2D eigenvalue weighted by atomic mass is 16.5. The molecule has 0 bridgehead atoms. The number of benzene rings is 1. The van der Waals surface area contributed by atoms with Gasteiger partial charge in [0.1, 0.15) is 0 Å². The highest BCUT2D eigenvalue weighted by Gasteiger charge is 1.93. The lowest BCUT2D eigenvalue weighted by Gasteiger charge is -1.94. The van der Waals surface area contributed by atoms with Gasteiger partial charge >= 0.3 is 5.97 Å². The maximum absolute atomic E-state index is 10.9. The molecule has 0 saturated heterocycles. The Hall–Kier alpha value is -2.52. The molecule has 0 saturated carbocycles. The van der Waals surface area contributed by atoms with Crippen molar-refractivity contribution in [3.63, 3.8) is 0 Å². The molecule has 0 radical (unpaired) electrons. The summed E-state index contributed by atoms with van der Waals surface area (Å²) in [5.74, 6) is -0.492. The van der Waals surface area contributed by atoms with E-state index < -0.39 is 5.97 Å². The predicted octanol–water partition coefficient (Wildman–Crippen LogP) is 3.33. The topological polar surface area (TPSA) is 75.1 Å². The van der Waals surface area contributed by atoms with E-state index in [1.54, 1.807) is 30.3 Å². The van der Waals surface area contributed by atoms with Crippen LogP contribution in [0, 0.1) is 0 Å². The Bertz CT molecular complexity index is 457. The monoisotopic (exact) mass is 215 g/mol. The van der Waals surface area contributed by atoms with E-state index in [-0.39, 0.29) is 0 Å². The number of nitrogens with zero attached hydrogens (tertiary/aromatic N) is 3. The first-order valence-electron chi connectivity index (χ1n) is 4.41. The Morgan fingerprint density at radius 3 is 2.69 bits per heavy atom. The molecule has 5 nitrogen and oxygen atoms in total. The van der Waals surface area contributed by atoms with E-state index in [2.05, 4.69) is 21.3 Å². The predicted molar refractivity (Wildman–Crippen MR) is 60.6 cm³/mol. The standard InChI is InChI=1S/C11H9N3O2/c1-2-16-11(15)8-5-9-3-6-10(7-4-9)13-14-12/h2-8H,1H2/b8-5+. The van der Waals surface area contributed by atoms with Crippen LogP contribution in [-0.2, 0) is 9.53 Å². The van der Waals surface area contributed by atoms with Gasteiger partial charge in [0.05, 0.1) is 6.26 Å². The van der Waals surface area contributed by atoms with Crippen molar-refractivity contribution >= 4 is 17.7 Å². The van der Waals surface area contributed by atoms with E-state index in [0.29, 0.717) is 5.69 Å². The smallest absolute Gasteiger partial charge is 0.335 e. The fourth-order valence-electron chi connectivity index (χ4n) is 0.989. The zero-order chi connectivity index (χ0) is 11.8. The zero-order valence-electron chi connectivity index (χ0n) is 8.41. The number of hydrogen-bond acceptors (Lipinski definition) is 3. The molecule has 0 spiro atoms. The average molecular weight is 215 g/mol. The van der Waals surface area contributed by atoms with Gasteiger partial charge in [-0.1, -0.05) is 36.0 Å². The van der Waals surface area contributed by atoms with Gasteiger partial charge in [0, 0.05) is 16.7 Å². The summed E-state index contributed by atoms with van der Waals surface area (Å²) in [6, 6.07) is 6.75. The first-order valence-corrected chi connectivity index (χ1v) is 4.41. The third-order valence-electron chi connectivity index (χ3n) is 1.66. The molecular formula is C11H9N3O2. The van der Waals surface area contributed by atoms with E-state index in [1.165, 1.54) is 6.08 Å². The molecule has 1 rings (SSSR count). The van der Waals surface area contributed by atoms with Crippen LogP contribution in [0.4, 0.5) is 5.69 Å². The van der Waals surface area contributed by atoms with Crippen molar-refractivity contribution in [3.05, 3.63) is 59.2 Å². The molecule has 0 aromatic heterocycles. The second-order valence-corrected chi connectivity index (χ2v) is 2.72. The molecule has 0 unspecified atom stereocenters. The lowest BCUT2D eigenvalue weighted by Crippen LogP contribution is -1.92. The summed E-state index contributed by atoms with van der Waals surface area (Å²) in [5.41, 5.74) is 9.52. The minimum Gasteiger partial charge on any atom is -0.432 e. The Morgan fingerprint density at radius 1 is 1.44 bits per heavy atom. The molecule has 5 heteroatoms. The molecule has 0 aliphatic heterocycles. The number of hydrogen-bond donors (Lipinski definition) is 0. The van der Waals surface area contributed by atoms with Gasteiger partial charge in [-0.25, -0.2) is 4.79 Å². The molecular weight excluding hydrogens is 206 g/mol. The van der Waals surface area contributed by atoms with E-state index in [4.69, 9.17) is 5.53 Å². The molecule has 0 aliphatic rings. The number of carbonyl (C=O) groups is 1. The van der Waals surface area contributed by atoms with E-state index in [0.717, 1.165) is 11.8 Å². The van der Waals surface area contributed by atoms with Crippen molar-refractivity contribution < 1.29 is 9.53 Å². The number of esters is 1. The van der Waals surface area contributed by atoms with Crippen LogP contribution in [0.15, 0.2) is 48.3 Å². The van der Waals surface area contributed by atoms with Crippen LogP contribution in [0.3, 0.4) is 0 Å². The summed E-state index contributed by atoms with van der Waals surface area (Å²) in [7, 11) is 0. The van der Waals surface area contributed by atoms with Gasteiger partial charge in [-0.3, -0.25) is 0 Å². The summed E-state index contributed by atoms with van der Waals surface area (Å²) < 4.78 is 4.50. The zero-order valence-corrected chi connectivity index (χ0v) is 8.41. The molecule has 0 aliphatic carbocycles. The fraction of sp³-hybridized carbons (Fsp3) is 0. The SMILES string of the molecule is C=COC(=O)/C=C/c1ccc(N=[N+]=[N-])cc1. The van der Waals surface area contributed by atoms with Gasteiger partial charge in [-0.2, -0.15) is 0 Å². The molecule has 0 heterocycles. The van der Waals surface area contributed by atoms with Gasteiger partial charge in [0.15, 0.2) is 0 Å². The van der Waals surface area contributed by atoms with Crippen molar-refractivity contribution in [3.8, 4) is 0 Å². The van der Waals surface area contributed by atoms with Crippen LogP contribution >= 0.6 is 0 Å². The largest absolute Gasteiger partial charge is 0.432 e. The number of rotatable bonds is 4. The summed E-state index contributed by atoms with van der Waals surface area (Å²) in [4.78, 5) is 13.6. The quantitative estimate of drug-likeness (QED) is 0.193. The minimum absolute atomic E-state index is 0.492.